The van der Waals surface area contributed by atoms with Gasteiger partial charge in [0.2, 0.25) is 0 Å². The van der Waals surface area contributed by atoms with E-state index in [1.807, 2.05) is 6.92 Å². The Bertz CT molecular complexity index is 445. The second kappa shape index (κ2) is 6.40. The summed E-state index contributed by atoms with van der Waals surface area (Å²) in [6.07, 6.45) is 4.12. The third-order valence-corrected chi connectivity index (χ3v) is 4.48. The fourth-order valence-electron chi connectivity index (χ4n) is 2.66. The van der Waals surface area contributed by atoms with Crippen molar-refractivity contribution in [2.24, 2.45) is 5.73 Å². The second-order valence-electron chi connectivity index (χ2n) is 5.26. The van der Waals surface area contributed by atoms with Crippen LogP contribution in [0.3, 0.4) is 0 Å². The molecule has 0 radical (unpaired) electrons. The molecule has 1 aromatic carbocycles. The topological polar surface area (TPSA) is 38.0 Å². The molecule has 1 fully saturated rings. The van der Waals surface area contributed by atoms with Crippen molar-refractivity contribution in [3.63, 3.8) is 0 Å². The number of nitrogens with two attached hydrogens (primary N) is 1. The van der Waals surface area contributed by atoms with Gasteiger partial charge in [-0.25, -0.2) is 4.39 Å². The standard InChI is InChI=1S/C14H19Cl2FN2/c1-8(19-10-4-2-9(18)3-5-10)13-11(15)6-7-12(17)14(13)16/h6-10,19H,2-5,18H2,1H3. The summed E-state index contributed by atoms with van der Waals surface area (Å²) >= 11 is 12.1. The van der Waals surface area contributed by atoms with Crippen molar-refractivity contribution < 1.29 is 4.39 Å². The first kappa shape index (κ1) is 15.0. The lowest BCUT2D eigenvalue weighted by Crippen LogP contribution is -2.38. The molecule has 19 heavy (non-hydrogen) atoms. The van der Waals surface area contributed by atoms with Crippen LogP contribution in [0.5, 0.6) is 0 Å². The zero-order chi connectivity index (χ0) is 14.0. The lowest BCUT2D eigenvalue weighted by atomic mass is 9.91. The Morgan fingerprint density at radius 3 is 2.53 bits per heavy atom. The number of hydrogen-bond donors (Lipinski definition) is 2. The van der Waals surface area contributed by atoms with E-state index in [0.29, 0.717) is 22.7 Å². The van der Waals surface area contributed by atoms with Crippen LogP contribution in [0.2, 0.25) is 10.0 Å². The molecule has 0 amide bonds. The summed E-state index contributed by atoms with van der Waals surface area (Å²) < 4.78 is 13.5. The first-order chi connectivity index (χ1) is 8.99. The van der Waals surface area contributed by atoms with Gasteiger partial charge >= 0.3 is 0 Å². The molecule has 3 N–H and O–H groups in total. The first-order valence-corrected chi connectivity index (χ1v) is 7.39. The highest BCUT2D eigenvalue weighted by Gasteiger charge is 2.23. The van der Waals surface area contributed by atoms with Gasteiger partial charge < -0.3 is 11.1 Å². The second-order valence-corrected chi connectivity index (χ2v) is 6.04. The van der Waals surface area contributed by atoms with E-state index in [4.69, 9.17) is 28.9 Å². The van der Waals surface area contributed by atoms with Crippen LogP contribution in [0, 0.1) is 5.82 Å². The number of rotatable bonds is 3. The van der Waals surface area contributed by atoms with E-state index in [1.165, 1.54) is 6.07 Å². The monoisotopic (exact) mass is 304 g/mol. The van der Waals surface area contributed by atoms with Gasteiger partial charge in [0.15, 0.2) is 0 Å². The fraction of sp³-hybridized carbons (Fsp3) is 0.571. The average Bonchev–Trinajstić information content (AvgIpc) is 2.37. The lowest BCUT2D eigenvalue weighted by Gasteiger charge is -2.30. The number of halogens is 3. The van der Waals surface area contributed by atoms with E-state index in [-0.39, 0.29) is 11.1 Å². The third-order valence-electron chi connectivity index (χ3n) is 3.77. The van der Waals surface area contributed by atoms with Crippen LogP contribution in [0.25, 0.3) is 0 Å². The smallest absolute Gasteiger partial charge is 0.142 e. The number of hydrogen-bond acceptors (Lipinski definition) is 2. The van der Waals surface area contributed by atoms with Crippen molar-refractivity contribution in [2.45, 2.75) is 50.7 Å². The molecule has 1 atom stereocenters. The van der Waals surface area contributed by atoms with Crippen LogP contribution in [0.4, 0.5) is 4.39 Å². The molecule has 1 aliphatic carbocycles. The minimum Gasteiger partial charge on any atom is -0.328 e. The molecule has 1 aromatic rings. The van der Waals surface area contributed by atoms with Crippen molar-refractivity contribution in [3.8, 4) is 0 Å². The predicted octanol–water partition coefficient (Wildman–Crippen LogP) is 4.05. The molecule has 0 bridgehead atoms. The van der Waals surface area contributed by atoms with Gasteiger partial charge in [-0.3, -0.25) is 0 Å². The molecule has 2 nitrogen and oxygen atoms in total. The quantitative estimate of drug-likeness (QED) is 0.827. The van der Waals surface area contributed by atoms with E-state index in [9.17, 15) is 4.39 Å². The van der Waals surface area contributed by atoms with Crippen LogP contribution < -0.4 is 11.1 Å². The maximum atomic E-state index is 13.5. The molecule has 5 heteroatoms. The summed E-state index contributed by atoms with van der Waals surface area (Å²) in [6, 6.07) is 3.48. The highest BCUT2D eigenvalue weighted by Crippen LogP contribution is 2.33. The minimum atomic E-state index is -0.430. The summed E-state index contributed by atoms with van der Waals surface area (Å²) in [6.45, 7) is 1.96. The molecule has 0 saturated heterocycles. The molecule has 0 aliphatic heterocycles. The van der Waals surface area contributed by atoms with Crippen molar-refractivity contribution >= 4 is 23.2 Å². The molecule has 1 unspecified atom stereocenters. The number of benzene rings is 1. The summed E-state index contributed by atoms with van der Waals surface area (Å²) in [5, 5.41) is 4.08. The van der Waals surface area contributed by atoms with E-state index < -0.39 is 5.82 Å². The Morgan fingerprint density at radius 1 is 1.26 bits per heavy atom. The number of nitrogens with one attached hydrogen (secondary N) is 1. The molecule has 2 rings (SSSR count). The maximum absolute atomic E-state index is 13.5. The lowest BCUT2D eigenvalue weighted by molar-refractivity contribution is 0.322. The van der Waals surface area contributed by atoms with Crippen LogP contribution in [0.15, 0.2) is 12.1 Å². The maximum Gasteiger partial charge on any atom is 0.142 e. The molecular weight excluding hydrogens is 286 g/mol. The van der Waals surface area contributed by atoms with Crippen LogP contribution in [0.1, 0.15) is 44.2 Å². The van der Waals surface area contributed by atoms with Gasteiger partial charge in [0.1, 0.15) is 5.82 Å². The van der Waals surface area contributed by atoms with Crippen molar-refractivity contribution in [1.82, 2.24) is 5.32 Å². The molecule has 0 aromatic heterocycles. The van der Waals surface area contributed by atoms with Crippen LogP contribution in [-0.4, -0.2) is 12.1 Å². The van der Waals surface area contributed by atoms with Gasteiger partial charge in [0.25, 0.3) is 0 Å². The SMILES string of the molecule is CC(NC1CCC(N)CC1)c1c(Cl)ccc(F)c1Cl. The third kappa shape index (κ3) is 3.60. The summed E-state index contributed by atoms with van der Waals surface area (Å²) in [5.74, 6) is -0.430. The van der Waals surface area contributed by atoms with E-state index in [2.05, 4.69) is 5.32 Å². The minimum absolute atomic E-state index is 0.0741. The Hall–Kier alpha value is -0.350. The zero-order valence-electron chi connectivity index (χ0n) is 10.9. The molecular formula is C14H19Cl2FN2. The molecule has 1 aliphatic rings. The highest BCUT2D eigenvalue weighted by atomic mass is 35.5. The summed E-state index contributed by atoms with van der Waals surface area (Å²) in [5.41, 5.74) is 6.52. The first-order valence-electron chi connectivity index (χ1n) is 6.64. The molecule has 1 saturated carbocycles. The Kier molecular flexibility index (Phi) is 5.07. The molecule has 0 heterocycles. The Labute approximate surface area is 123 Å². The van der Waals surface area contributed by atoms with Gasteiger partial charge in [-0.2, -0.15) is 0 Å². The summed E-state index contributed by atoms with van der Waals surface area (Å²) in [4.78, 5) is 0. The summed E-state index contributed by atoms with van der Waals surface area (Å²) in [7, 11) is 0. The van der Waals surface area contributed by atoms with E-state index in [0.717, 1.165) is 25.7 Å². The van der Waals surface area contributed by atoms with Gasteiger partial charge in [-0.1, -0.05) is 23.2 Å². The highest BCUT2D eigenvalue weighted by molar-refractivity contribution is 6.36. The van der Waals surface area contributed by atoms with E-state index in [1.54, 1.807) is 6.07 Å². The Balaban J connectivity index is 2.08. The normalized spacial score (nSPS) is 25.3. The zero-order valence-corrected chi connectivity index (χ0v) is 12.4. The Morgan fingerprint density at radius 2 is 1.89 bits per heavy atom. The van der Waals surface area contributed by atoms with Gasteiger partial charge in [0, 0.05) is 28.7 Å². The van der Waals surface area contributed by atoms with Gasteiger partial charge in [0.05, 0.1) is 5.02 Å². The molecule has 106 valence electrons. The predicted molar refractivity (Wildman–Crippen MR) is 78.2 cm³/mol. The van der Waals surface area contributed by atoms with E-state index >= 15 is 0 Å². The largest absolute Gasteiger partial charge is 0.328 e. The van der Waals surface area contributed by atoms with Gasteiger partial charge in [-0.05, 0) is 44.7 Å². The van der Waals surface area contributed by atoms with Crippen LogP contribution >= 0.6 is 23.2 Å². The van der Waals surface area contributed by atoms with Crippen LogP contribution in [-0.2, 0) is 0 Å². The van der Waals surface area contributed by atoms with Gasteiger partial charge in [-0.15, -0.1) is 0 Å². The van der Waals surface area contributed by atoms with Crippen molar-refractivity contribution in [2.75, 3.05) is 0 Å². The fourth-order valence-corrected chi connectivity index (χ4v) is 3.36. The van der Waals surface area contributed by atoms with Crippen molar-refractivity contribution in [3.05, 3.63) is 33.6 Å². The average molecular weight is 305 g/mol. The van der Waals surface area contributed by atoms with Crippen molar-refractivity contribution in [1.29, 1.82) is 0 Å². The molecule has 0 spiro atoms.